The molecule has 1 aliphatic heterocycles. The molecule has 4 aliphatic carbocycles. The number of carbonyl (C=O) groups is 1. The third-order valence-electron chi connectivity index (χ3n) is 11.6. The minimum atomic E-state index is -0.546. The van der Waals surface area contributed by atoms with Gasteiger partial charge in [-0.1, -0.05) is 69.8 Å². The summed E-state index contributed by atoms with van der Waals surface area (Å²) in [5.74, 6) is 4.48. The summed E-state index contributed by atoms with van der Waals surface area (Å²) in [4.78, 5) is 12.8. The average molecular weight is 538 g/mol. The van der Waals surface area contributed by atoms with Crippen LogP contribution in [0, 0.1) is 52.3 Å². The van der Waals surface area contributed by atoms with Crippen molar-refractivity contribution in [2.45, 2.75) is 129 Å². The minimum absolute atomic E-state index is 0.00639. The Morgan fingerprint density at radius 1 is 0.912 bits per heavy atom. The number of halogens is 1. The van der Waals surface area contributed by atoms with Gasteiger partial charge in [0.25, 0.3) is 0 Å². The number of Topliss-reactive ketones (excluding diaryl/α,β-unsaturated/α-hetero) is 1. The third-order valence-corrected chi connectivity index (χ3v) is 12.4. The maximum absolute atomic E-state index is 12.8. The highest BCUT2D eigenvalue weighted by atomic mass is 79.9. The second kappa shape index (κ2) is 8.83. The highest BCUT2D eigenvalue weighted by molar-refractivity contribution is 9.10. The van der Waals surface area contributed by atoms with Crippen molar-refractivity contribution >= 4 is 21.7 Å². The van der Waals surface area contributed by atoms with Crippen LogP contribution in [0.2, 0.25) is 0 Å². The molecule has 194 valence electrons. The third kappa shape index (κ3) is 3.99. The van der Waals surface area contributed by atoms with Gasteiger partial charge in [0, 0.05) is 12.3 Å². The number of hydrogen-bond acceptors (Lipinski definition) is 3. The van der Waals surface area contributed by atoms with E-state index in [-0.39, 0.29) is 22.5 Å². The molecule has 0 N–H and O–H groups in total. The fourth-order valence-corrected chi connectivity index (χ4v) is 10.9. The first kappa shape index (κ1) is 25.7. The Hall–Kier alpha value is 0.0700. The second-order valence-electron chi connectivity index (χ2n) is 14.3. The van der Waals surface area contributed by atoms with Gasteiger partial charge in [0.15, 0.2) is 5.79 Å². The lowest BCUT2D eigenvalue weighted by Gasteiger charge is -2.63. The first-order valence-corrected chi connectivity index (χ1v) is 15.3. The number of ether oxygens (including phenoxy) is 2. The molecule has 0 radical (unpaired) electrons. The summed E-state index contributed by atoms with van der Waals surface area (Å²) in [6.07, 6.45) is 11.3. The molecule has 3 nitrogen and oxygen atoms in total. The van der Waals surface area contributed by atoms with E-state index in [0.29, 0.717) is 35.4 Å². The molecule has 0 aromatic heterocycles. The molecule has 0 aromatic carbocycles. The van der Waals surface area contributed by atoms with Crippen molar-refractivity contribution in [2.24, 2.45) is 52.3 Å². The summed E-state index contributed by atoms with van der Waals surface area (Å²) in [6.45, 7) is 16.6. The minimum Gasteiger partial charge on any atom is -0.344 e. The molecule has 0 spiro atoms. The zero-order valence-corrected chi connectivity index (χ0v) is 24.3. The van der Waals surface area contributed by atoms with Crippen LogP contribution < -0.4 is 0 Å². The maximum Gasteiger partial charge on any atom is 0.163 e. The first-order valence-electron chi connectivity index (χ1n) is 14.4. The molecule has 4 saturated carbocycles. The average Bonchev–Trinajstić information content (AvgIpc) is 3.25. The monoisotopic (exact) mass is 536 g/mol. The molecule has 0 aromatic rings. The van der Waals surface area contributed by atoms with Crippen LogP contribution in [0.4, 0.5) is 0 Å². The van der Waals surface area contributed by atoms with Crippen LogP contribution in [0.5, 0.6) is 0 Å². The van der Waals surface area contributed by atoms with Crippen molar-refractivity contribution in [3.05, 3.63) is 0 Å². The van der Waals surface area contributed by atoms with Gasteiger partial charge in [-0.05, 0) is 92.3 Å². The van der Waals surface area contributed by atoms with Crippen LogP contribution in [-0.2, 0) is 14.3 Å². The van der Waals surface area contributed by atoms with Crippen LogP contribution in [0.1, 0.15) is 106 Å². The van der Waals surface area contributed by atoms with E-state index in [0.717, 1.165) is 30.1 Å². The summed E-state index contributed by atoms with van der Waals surface area (Å²) < 4.78 is 13.4. The Balaban J connectivity index is 1.44. The first-order chi connectivity index (χ1) is 15.9. The van der Waals surface area contributed by atoms with E-state index in [1.807, 2.05) is 0 Å². The molecule has 5 aliphatic rings. The zero-order chi connectivity index (χ0) is 24.6. The number of hydrogen-bond donors (Lipinski definition) is 0. The summed E-state index contributed by atoms with van der Waals surface area (Å²) in [5, 5.41) is 0. The molecule has 34 heavy (non-hydrogen) atoms. The lowest BCUT2D eigenvalue weighted by Crippen LogP contribution is -2.64. The van der Waals surface area contributed by atoms with Gasteiger partial charge in [-0.15, -0.1) is 0 Å². The molecular weight excluding hydrogens is 488 g/mol. The summed E-state index contributed by atoms with van der Waals surface area (Å²) in [5.41, 5.74) is 0.570. The van der Waals surface area contributed by atoms with Crippen molar-refractivity contribution in [1.82, 2.24) is 0 Å². The van der Waals surface area contributed by atoms with Crippen LogP contribution in [0.25, 0.3) is 0 Å². The largest absolute Gasteiger partial charge is 0.344 e. The van der Waals surface area contributed by atoms with E-state index in [4.69, 9.17) is 9.47 Å². The van der Waals surface area contributed by atoms with E-state index < -0.39 is 5.79 Å². The number of fused-ring (bicyclic) bond motifs is 8. The number of ketones is 1. The second-order valence-corrected chi connectivity index (χ2v) is 15.4. The number of rotatable bonds is 5. The maximum atomic E-state index is 12.8. The van der Waals surface area contributed by atoms with Gasteiger partial charge in [-0.2, -0.15) is 0 Å². The summed E-state index contributed by atoms with van der Waals surface area (Å²) >= 11 is 3.77. The van der Waals surface area contributed by atoms with Gasteiger partial charge in [0.2, 0.25) is 0 Å². The molecule has 1 unspecified atom stereocenters. The lowest BCUT2D eigenvalue weighted by molar-refractivity contribution is -0.181. The van der Waals surface area contributed by atoms with E-state index in [9.17, 15) is 4.79 Å². The number of alkyl halides is 1. The van der Waals surface area contributed by atoms with Crippen LogP contribution in [0.3, 0.4) is 0 Å². The Kier molecular flexibility index (Phi) is 6.68. The van der Waals surface area contributed by atoms with Crippen molar-refractivity contribution in [1.29, 1.82) is 0 Å². The normalized spacial score (nSPS) is 50.4. The molecular formula is C30H49BrO3. The topological polar surface area (TPSA) is 35.5 Å². The van der Waals surface area contributed by atoms with Crippen molar-refractivity contribution in [2.75, 3.05) is 0 Å². The fourth-order valence-electron chi connectivity index (χ4n) is 10.0. The lowest BCUT2D eigenvalue weighted by atomic mass is 9.43. The van der Waals surface area contributed by atoms with Gasteiger partial charge in [-0.3, -0.25) is 4.79 Å². The Bertz CT molecular complexity index is 794. The molecule has 0 bridgehead atoms. The molecule has 1 heterocycles. The predicted octanol–water partition coefficient (Wildman–Crippen LogP) is 7.79. The molecule has 11 atom stereocenters. The predicted molar refractivity (Wildman–Crippen MR) is 141 cm³/mol. The van der Waals surface area contributed by atoms with E-state index >= 15 is 0 Å². The van der Waals surface area contributed by atoms with E-state index in [2.05, 4.69) is 64.4 Å². The van der Waals surface area contributed by atoms with Crippen molar-refractivity contribution < 1.29 is 14.3 Å². The Morgan fingerprint density at radius 3 is 2.29 bits per heavy atom. The SMILES string of the molecule is CC(C)CCC[C@@H](C)[C@H]1CC[C@H]2[C@@H]3[C@H]4OC(C)(C)O[C@@H]4[C@H]4CC(=O)C(Br)C[C@]4(C)[C@H]3CC[C@]12C. The zero-order valence-electron chi connectivity index (χ0n) is 22.7. The van der Waals surface area contributed by atoms with E-state index in [1.165, 1.54) is 44.9 Å². The molecule has 5 rings (SSSR count). The quantitative estimate of drug-likeness (QED) is 0.336. The summed E-state index contributed by atoms with van der Waals surface area (Å²) in [6, 6.07) is 0. The standard InChI is InChI=1S/C30H49BrO3/c1-17(2)9-8-10-18(3)19-11-12-20-25-21(13-14-29(19,20)6)30(7)16-23(31)24(32)15-22(30)26-27(25)34-28(4,5)33-26/h17-23,25-27H,8-16H2,1-7H3/t18-,19-,20+,21+,22-,23?,25+,26-,27-,29-,30-/m1/s1. The van der Waals surface area contributed by atoms with Crippen molar-refractivity contribution in [3.8, 4) is 0 Å². The smallest absolute Gasteiger partial charge is 0.163 e. The highest BCUT2D eigenvalue weighted by Gasteiger charge is 2.69. The van der Waals surface area contributed by atoms with Gasteiger partial charge in [0.1, 0.15) is 5.78 Å². The van der Waals surface area contributed by atoms with Crippen molar-refractivity contribution in [3.63, 3.8) is 0 Å². The van der Waals surface area contributed by atoms with Crippen LogP contribution in [-0.4, -0.2) is 28.6 Å². The molecule has 5 fully saturated rings. The fraction of sp³-hybridized carbons (Fsp3) is 0.967. The Labute approximate surface area is 217 Å². The van der Waals surface area contributed by atoms with Crippen LogP contribution in [0.15, 0.2) is 0 Å². The summed E-state index contributed by atoms with van der Waals surface area (Å²) in [7, 11) is 0. The van der Waals surface area contributed by atoms with E-state index in [1.54, 1.807) is 0 Å². The Morgan fingerprint density at radius 2 is 1.59 bits per heavy atom. The van der Waals surface area contributed by atoms with Gasteiger partial charge in [-0.25, -0.2) is 0 Å². The van der Waals surface area contributed by atoms with Gasteiger partial charge < -0.3 is 9.47 Å². The number of carbonyl (C=O) groups excluding carboxylic acids is 1. The van der Waals surface area contributed by atoms with Gasteiger partial charge >= 0.3 is 0 Å². The van der Waals surface area contributed by atoms with Gasteiger partial charge in [0.05, 0.1) is 17.0 Å². The highest BCUT2D eigenvalue weighted by Crippen LogP contribution is 2.70. The van der Waals surface area contributed by atoms with Crippen LogP contribution >= 0.6 is 15.9 Å². The molecule has 4 heteroatoms. The molecule has 1 saturated heterocycles. The molecule has 0 amide bonds.